The van der Waals surface area contributed by atoms with Gasteiger partial charge < -0.3 is 5.73 Å². The molecule has 2 bridgehead atoms. The molecule has 1 heteroatoms. The lowest BCUT2D eigenvalue weighted by Crippen LogP contribution is -2.32. The highest BCUT2D eigenvalue weighted by Gasteiger charge is 2.54. The molecule has 0 amide bonds. The zero-order valence-corrected chi connectivity index (χ0v) is 10.3. The van der Waals surface area contributed by atoms with Crippen LogP contribution in [0.5, 0.6) is 0 Å². The highest BCUT2D eigenvalue weighted by atomic mass is 14.7. The first-order chi connectivity index (χ1) is 7.78. The molecule has 0 radical (unpaired) electrons. The normalized spacial score (nSPS) is 57.9. The van der Waals surface area contributed by atoms with E-state index < -0.39 is 0 Å². The minimum absolute atomic E-state index is 0.600. The molecule has 0 aliphatic heterocycles. The molecule has 2 N–H and O–H groups in total. The van der Waals surface area contributed by atoms with E-state index in [1.807, 2.05) is 0 Å². The van der Waals surface area contributed by atoms with Crippen LogP contribution in [0.1, 0.15) is 51.4 Å². The molecule has 4 rings (SSSR count). The van der Waals surface area contributed by atoms with Crippen molar-refractivity contribution in [2.24, 2.45) is 40.7 Å². The summed E-state index contributed by atoms with van der Waals surface area (Å²) in [5.74, 6) is 5.48. The summed E-state index contributed by atoms with van der Waals surface area (Å²) in [5.41, 5.74) is 6.73. The third kappa shape index (κ3) is 1.40. The number of fused-ring (bicyclic) bond motifs is 3. The predicted octanol–water partition coefficient (Wildman–Crippen LogP) is 3.19. The zero-order chi connectivity index (χ0) is 10.8. The second kappa shape index (κ2) is 3.25. The van der Waals surface area contributed by atoms with Crippen molar-refractivity contribution in [1.29, 1.82) is 0 Å². The molecule has 16 heavy (non-hydrogen) atoms. The summed E-state index contributed by atoms with van der Waals surface area (Å²) in [6.45, 7) is 0.980. The fraction of sp³-hybridized carbons (Fsp3) is 1.00. The first kappa shape index (κ1) is 9.94. The smallest absolute Gasteiger partial charge is 0.00202 e. The largest absolute Gasteiger partial charge is 0.330 e. The third-order valence-electron chi connectivity index (χ3n) is 6.47. The molecule has 5 atom stereocenters. The molecule has 0 aromatic heterocycles. The van der Waals surface area contributed by atoms with Gasteiger partial charge in [0.2, 0.25) is 0 Å². The molecular formula is C15H25N. The van der Waals surface area contributed by atoms with Crippen LogP contribution in [-0.2, 0) is 0 Å². The summed E-state index contributed by atoms with van der Waals surface area (Å²) in [6.07, 6.45) is 12.2. The van der Waals surface area contributed by atoms with Gasteiger partial charge in [-0.3, -0.25) is 0 Å². The summed E-state index contributed by atoms with van der Waals surface area (Å²) in [5, 5.41) is 0. The van der Waals surface area contributed by atoms with Crippen molar-refractivity contribution in [2.75, 3.05) is 6.54 Å². The van der Waals surface area contributed by atoms with Crippen molar-refractivity contribution < 1.29 is 0 Å². The van der Waals surface area contributed by atoms with Gasteiger partial charge in [-0.05, 0) is 86.5 Å². The fourth-order valence-corrected chi connectivity index (χ4v) is 5.61. The Kier molecular flexibility index (Phi) is 2.02. The van der Waals surface area contributed by atoms with E-state index >= 15 is 0 Å². The summed E-state index contributed by atoms with van der Waals surface area (Å²) in [6, 6.07) is 0. The Morgan fingerprint density at radius 1 is 0.938 bits per heavy atom. The Labute approximate surface area is 99.2 Å². The molecule has 0 heterocycles. The van der Waals surface area contributed by atoms with Crippen molar-refractivity contribution in [3.05, 3.63) is 0 Å². The van der Waals surface area contributed by atoms with Crippen LogP contribution in [0.15, 0.2) is 0 Å². The second-order valence-corrected chi connectivity index (χ2v) is 7.51. The summed E-state index contributed by atoms with van der Waals surface area (Å²) >= 11 is 0. The van der Waals surface area contributed by atoms with E-state index in [1.165, 1.54) is 19.3 Å². The van der Waals surface area contributed by atoms with Crippen LogP contribution in [0, 0.1) is 35.0 Å². The lowest BCUT2D eigenvalue weighted by Gasteiger charge is -2.35. The van der Waals surface area contributed by atoms with Crippen LogP contribution < -0.4 is 5.73 Å². The van der Waals surface area contributed by atoms with E-state index in [9.17, 15) is 0 Å². The fourth-order valence-electron chi connectivity index (χ4n) is 5.61. The lowest BCUT2D eigenvalue weighted by molar-refractivity contribution is 0.167. The Bertz CT molecular complexity index is 288. The Morgan fingerprint density at radius 3 is 2.31 bits per heavy atom. The van der Waals surface area contributed by atoms with E-state index in [-0.39, 0.29) is 0 Å². The highest BCUT2D eigenvalue weighted by molar-refractivity contribution is 5.05. The van der Waals surface area contributed by atoms with Crippen LogP contribution in [0.3, 0.4) is 0 Å². The van der Waals surface area contributed by atoms with Gasteiger partial charge in [0.15, 0.2) is 0 Å². The summed E-state index contributed by atoms with van der Waals surface area (Å²) in [7, 11) is 0. The highest BCUT2D eigenvalue weighted by Crippen LogP contribution is 2.63. The minimum atomic E-state index is 0.600. The Balaban J connectivity index is 1.45. The van der Waals surface area contributed by atoms with E-state index in [4.69, 9.17) is 5.73 Å². The maximum atomic E-state index is 6.13. The van der Waals surface area contributed by atoms with Crippen molar-refractivity contribution in [1.82, 2.24) is 0 Å². The standard InChI is InChI=1S/C15H25N/c16-9-15(7-13-5-14(13)8-15)6-12-4-10-1-2-11(12)3-10/h10-14H,1-9,16H2. The molecule has 4 fully saturated rings. The average Bonchev–Trinajstić information content (AvgIpc) is 2.75. The van der Waals surface area contributed by atoms with E-state index in [1.54, 1.807) is 32.1 Å². The molecule has 0 saturated heterocycles. The molecule has 1 nitrogen and oxygen atoms in total. The number of rotatable bonds is 3. The van der Waals surface area contributed by atoms with E-state index in [0.717, 1.165) is 36.1 Å². The molecule has 90 valence electrons. The number of hydrogen-bond acceptors (Lipinski definition) is 1. The van der Waals surface area contributed by atoms with Crippen molar-refractivity contribution in [3.8, 4) is 0 Å². The maximum Gasteiger partial charge on any atom is -0.00202 e. The summed E-state index contributed by atoms with van der Waals surface area (Å²) < 4.78 is 0. The number of nitrogens with two attached hydrogens (primary N) is 1. The third-order valence-corrected chi connectivity index (χ3v) is 6.47. The first-order valence-electron chi connectivity index (χ1n) is 7.48. The van der Waals surface area contributed by atoms with Crippen LogP contribution in [-0.4, -0.2) is 6.54 Å². The molecule has 4 aliphatic carbocycles. The van der Waals surface area contributed by atoms with Gasteiger partial charge in [-0.2, -0.15) is 0 Å². The van der Waals surface area contributed by atoms with Crippen molar-refractivity contribution >= 4 is 0 Å². The van der Waals surface area contributed by atoms with Gasteiger partial charge in [0, 0.05) is 0 Å². The van der Waals surface area contributed by atoms with Gasteiger partial charge in [-0.1, -0.05) is 6.42 Å². The monoisotopic (exact) mass is 219 g/mol. The molecule has 4 aliphatic rings. The molecule has 0 aromatic rings. The van der Waals surface area contributed by atoms with E-state index in [0.29, 0.717) is 5.41 Å². The van der Waals surface area contributed by atoms with Crippen LogP contribution in [0.25, 0.3) is 0 Å². The van der Waals surface area contributed by atoms with Crippen LogP contribution in [0.2, 0.25) is 0 Å². The molecule has 0 spiro atoms. The SMILES string of the molecule is NCC1(CC2CC3CCC2C3)CC2CC2C1. The minimum Gasteiger partial charge on any atom is -0.330 e. The summed E-state index contributed by atoms with van der Waals surface area (Å²) in [4.78, 5) is 0. The average molecular weight is 219 g/mol. The molecule has 0 aromatic carbocycles. The van der Waals surface area contributed by atoms with Gasteiger partial charge in [-0.25, -0.2) is 0 Å². The topological polar surface area (TPSA) is 26.0 Å². The van der Waals surface area contributed by atoms with E-state index in [2.05, 4.69) is 0 Å². The molecular weight excluding hydrogens is 194 g/mol. The molecule has 5 unspecified atom stereocenters. The molecule has 4 saturated carbocycles. The van der Waals surface area contributed by atoms with Gasteiger partial charge >= 0.3 is 0 Å². The van der Waals surface area contributed by atoms with Gasteiger partial charge in [0.25, 0.3) is 0 Å². The predicted molar refractivity (Wildman–Crippen MR) is 65.9 cm³/mol. The lowest BCUT2D eigenvalue weighted by atomic mass is 9.71. The van der Waals surface area contributed by atoms with Crippen molar-refractivity contribution in [3.63, 3.8) is 0 Å². The van der Waals surface area contributed by atoms with Gasteiger partial charge in [-0.15, -0.1) is 0 Å². The second-order valence-electron chi connectivity index (χ2n) is 7.51. The van der Waals surface area contributed by atoms with Crippen LogP contribution >= 0.6 is 0 Å². The van der Waals surface area contributed by atoms with Crippen LogP contribution in [0.4, 0.5) is 0 Å². The Morgan fingerprint density at radius 2 is 1.75 bits per heavy atom. The van der Waals surface area contributed by atoms with Gasteiger partial charge in [0.1, 0.15) is 0 Å². The van der Waals surface area contributed by atoms with Crippen molar-refractivity contribution in [2.45, 2.75) is 51.4 Å². The number of hydrogen-bond donors (Lipinski definition) is 1. The van der Waals surface area contributed by atoms with Gasteiger partial charge in [0.05, 0.1) is 0 Å². The first-order valence-corrected chi connectivity index (χ1v) is 7.48. The quantitative estimate of drug-likeness (QED) is 0.775. The Hall–Kier alpha value is -0.0400. The zero-order valence-electron chi connectivity index (χ0n) is 10.3. The maximum absolute atomic E-state index is 6.13.